The molecule has 0 aliphatic rings. The third kappa shape index (κ3) is 4.91. The molecule has 30 heavy (non-hydrogen) atoms. The van der Waals surface area contributed by atoms with E-state index in [4.69, 9.17) is 5.73 Å². The Morgan fingerprint density at radius 3 is 2.57 bits per heavy atom. The van der Waals surface area contributed by atoms with Crippen molar-refractivity contribution in [2.45, 2.75) is 18.6 Å². The van der Waals surface area contributed by atoms with Gasteiger partial charge in [-0.25, -0.2) is 0 Å². The van der Waals surface area contributed by atoms with Gasteiger partial charge in [0.05, 0.1) is 11.3 Å². The molecule has 0 aliphatic carbocycles. The summed E-state index contributed by atoms with van der Waals surface area (Å²) in [5, 5.41) is 6.86. The van der Waals surface area contributed by atoms with E-state index in [2.05, 4.69) is 26.3 Å². The van der Waals surface area contributed by atoms with Crippen LogP contribution in [0.4, 0.5) is 13.2 Å². The van der Waals surface area contributed by atoms with Crippen LogP contribution in [0.3, 0.4) is 0 Å². The lowest BCUT2D eigenvalue weighted by atomic mass is 9.99. The van der Waals surface area contributed by atoms with Gasteiger partial charge in [-0.05, 0) is 36.2 Å². The van der Waals surface area contributed by atoms with Crippen LogP contribution < -0.4 is 11.1 Å². The number of aromatic nitrogens is 2. The molecule has 3 aromatic rings. The van der Waals surface area contributed by atoms with Gasteiger partial charge in [0.2, 0.25) is 0 Å². The van der Waals surface area contributed by atoms with Gasteiger partial charge in [-0.1, -0.05) is 40.2 Å². The fourth-order valence-electron chi connectivity index (χ4n) is 3.20. The summed E-state index contributed by atoms with van der Waals surface area (Å²) in [6, 6.07) is 11.6. The smallest absolute Gasteiger partial charge is 0.348 e. The molecule has 3 rings (SSSR count). The van der Waals surface area contributed by atoms with Crippen molar-refractivity contribution in [3.63, 3.8) is 0 Å². The Labute approximate surface area is 180 Å². The first kappa shape index (κ1) is 22.0. The average Bonchev–Trinajstić information content (AvgIpc) is 3.12. The molecule has 0 spiro atoms. The lowest BCUT2D eigenvalue weighted by Crippen LogP contribution is -2.42. The molecule has 0 radical (unpaired) electrons. The minimum absolute atomic E-state index is 0.00615. The van der Waals surface area contributed by atoms with E-state index in [1.54, 1.807) is 29.1 Å². The summed E-state index contributed by atoms with van der Waals surface area (Å²) < 4.78 is 42.1. The second kappa shape index (κ2) is 9.01. The van der Waals surface area contributed by atoms with Crippen LogP contribution >= 0.6 is 15.9 Å². The number of amides is 1. The number of hydrogen-bond donors (Lipinski definition) is 2. The fourth-order valence-corrected chi connectivity index (χ4v) is 3.79. The quantitative estimate of drug-likeness (QED) is 0.556. The van der Waals surface area contributed by atoms with E-state index in [-0.39, 0.29) is 18.5 Å². The standard InChI is InChI=1S/C21H20BrF3N4O/c1-29-19(8-9-27-29)16-7-6-14(11-18(16)22)20(30)28-15(12-26)10-13-4-2-3-5-17(13)21(23,24)25/h2-9,11,15H,10,12,26H2,1H3,(H,28,30)/t15-/m0/s1. The molecule has 3 N–H and O–H groups in total. The lowest BCUT2D eigenvalue weighted by Gasteiger charge is -2.20. The minimum Gasteiger partial charge on any atom is -0.348 e. The molecule has 0 bridgehead atoms. The highest BCUT2D eigenvalue weighted by atomic mass is 79.9. The number of carbonyl (C=O) groups excluding carboxylic acids is 1. The van der Waals surface area contributed by atoms with E-state index in [0.29, 0.717) is 10.0 Å². The molecule has 0 saturated carbocycles. The maximum Gasteiger partial charge on any atom is 0.416 e. The maximum absolute atomic E-state index is 13.2. The zero-order chi connectivity index (χ0) is 21.9. The van der Waals surface area contributed by atoms with E-state index >= 15 is 0 Å². The topological polar surface area (TPSA) is 72.9 Å². The number of nitrogens with zero attached hydrogens (tertiary/aromatic N) is 2. The van der Waals surface area contributed by atoms with Crippen LogP contribution in [0.2, 0.25) is 0 Å². The van der Waals surface area contributed by atoms with Gasteiger partial charge in [0.1, 0.15) is 0 Å². The first-order chi connectivity index (χ1) is 14.2. The molecule has 1 atom stereocenters. The number of alkyl halides is 3. The van der Waals surface area contributed by atoms with Crippen molar-refractivity contribution in [3.05, 3.63) is 75.9 Å². The van der Waals surface area contributed by atoms with Crippen molar-refractivity contribution in [3.8, 4) is 11.3 Å². The average molecular weight is 481 g/mol. The second-order valence-electron chi connectivity index (χ2n) is 6.80. The van der Waals surface area contributed by atoms with Crippen LogP contribution in [0.15, 0.2) is 59.2 Å². The molecular weight excluding hydrogens is 461 g/mol. The number of nitrogens with one attached hydrogen (secondary N) is 1. The monoisotopic (exact) mass is 480 g/mol. The van der Waals surface area contributed by atoms with Crippen molar-refractivity contribution in [2.24, 2.45) is 12.8 Å². The zero-order valence-electron chi connectivity index (χ0n) is 16.1. The summed E-state index contributed by atoms with van der Waals surface area (Å²) >= 11 is 3.47. The number of nitrogens with two attached hydrogens (primary N) is 1. The van der Waals surface area contributed by atoms with Gasteiger partial charge in [0.15, 0.2) is 0 Å². The number of aryl methyl sites for hydroxylation is 1. The molecule has 0 fully saturated rings. The predicted octanol–water partition coefficient (Wildman–Crippen LogP) is 4.17. The molecule has 1 heterocycles. The van der Waals surface area contributed by atoms with E-state index in [1.807, 2.05) is 13.1 Å². The van der Waals surface area contributed by atoms with Gasteiger partial charge in [-0.2, -0.15) is 18.3 Å². The Bertz CT molecular complexity index is 1050. The van der Waals surface area contributed by atoms with Crippen LogP contribution in [0.25, 0.3) is 11.3 Å². The lowest BCUT2D eigenvalue weighted by molar-refractivity contribution is -0.138. The third-order valence-corrected chi connectivity index (χ3v) is 5.39. The van der Waals surface area contributed by atoms with E-state index in [0.717, 1.165) is 17.3 Å². The Morgan fingerprint density at radius 2 is 1.97 bits per heavy atom. The molecular formula is C21H20BrF3N4O. The zero-order valence-corrected chi connectivity index (χ0v) is 17.7. The van der Waals surface area contributed by atoms with Gasteiger partial charge < -0.3 is 11.1 Å². The molecule has 2 aromatic carbocycles. The molecule has 0 saturated heterocycles. The molecule has 1 amide bonds. The van der Waals surface area contributed by atoms with Crippen molar-refractivity contribution in [2.75, 3.05) is 6.54 Å². The van der Waals surface area contributed by atoms with Gasteiger partial charge in [-0.15, -0.1) is 0 Å². The second-order valence-corrected chi connectivity index (χ2v) is 7.65. The largest absolute Gasteiger partial charge is 0.416 e. The molecule has 158 valence electrons. The molecule has 0 aliphatic heterocycles. The number of hydrogen-bond acceptors (Lipinski definition) is 3. The Hall–Kier alpha value is -2.65. The van der Waals surface area contributed by atoms with Crippen molar-refractivity contribution >= 4 is 21.8 Å². The highest BCUT2D eigenvalue weighted by molar-refractivity contribution is 9.10. The number of benzene rings is 2. The Morgan fingerprint density at radius 1 is 1.23 bits per heavy atom. The van der Waals surface area contributed by atoms with E-state index < -0.39 is 23.7 Å². The summed E-state index contributed by atoms with van der Waals surface area (Å²) in [4.78, 5) is 12.7. The van der Waals surface area contributed by atoms with E-state index in [1.165, 1.54) is 18.2 Å². The third-order valence-electron chi connectivity index (χ3n) is 4.74. The van der Waals surface area contributed by atoms with Gasteiger partial charge in [0, 0.05) is 41.4 Å². The van der Waals surface area contributed by atoms with E-state index in [9.17, 15) is 18.0 Å². The minimum atomic E-state index is -4.47. The fraction of sp³-hybridized carbons (Fsp3) is 0.238. The number of halogens is 4. The summed E-state index contributed by atoms with van der Waals surface area (Å²) in [5.74, 6) is -0.410. The summed E-state index contributed by atoms with van der Waals surface area (Å²) in [5.41, 5.74) is 7.20. The van der Waals surface area contributed by atoms with Crippen molar-refractivity contribution in [1.82, 2.24) is 15.1 Å². The Balaban J connectivity index is 1.77. The summed E-state index contributed by atoms with van der Waals surface area (Å²) in [6.45, 7) is 0.00615. The molecule has 5 nitrogen and oxygen atoms in total. The molecule has 1 aromatic heterocycles. The highest BCUT2D eigenvalue weighted by Crippen LogP contribution is 2.32. The van der Waals surface area contributed by atoms with Crippen LogP contribution in [0.5, 0.6) is 0 Å². The summed E-state index contributed by atoms with van der Waals surface area (Å²) in [6.07, 6.45) is -2.81. The molecule has 0 unspecified atom stereocenters. The van der Waals surface area contributed by atoms with Gasteiger partial charge in [0.25, 0.3) is 5.91 Å². The first-order valence-electron chi connectivity index (χ1n) is 9.14. The SMILES string of the molecule is Cn1nccc1-c1ccc(C(=O)N[C@H](CN)Cc2ccccc2C(F)(F)F)cc1Br. The number of carbonyl (C=O) groups is 1. The normalized spacial score (nSPS) is 12.6. The van der Waals surface area contributed by atoms with Crippen LogP contribution in [0, 0.1) is 0 Å². The summed E-state index contributed by atoms with van der Waals surface area (Å²) in [7, 11) is 1.81. The maximum atomic E-state index is 13.2. The van der Waals surface area contributed by atoms with Crippen LogP contribution in [-0.2, 0) is 19.6 Å². The van der Waals surface area contributed by atoms with Crippen molar-refractivity contribution < 1.29 is 18.0 Å². The highest BCUT2D eigenvalue weighted by Gasteiger charge is 2.33. The number of rotatable bonds is 6. The first-order valence-corrected chi connectivity index (χ1v) is 9.94. The Kier molecular flexibility index (Phi) is 6.62. The van der Waals surface area contributed by atoms with Crippen LogP contribution in [0.1, 0.15) is 21.5 Å². The van der Waals surface area contributed by atoms with Gasteiger partial charge in [-0.3, -0.25) is 9.48 Å². The van der Waals surface area contributed by atoms with Crippen LogP contribution in [-0.4, -0.2) is 28.3 Å². The predicted molar refractivity (Wildman–Crippen MR) is 112 cm³/mol. The molecule has 9 heteroatoms. The van der Waals surface area contributed by atoms with Crippen molar-refractivity contribution in [1.29, 1.82) is 0 Å². The van der Waals surface area contributed by atoms with Gasteiger partial charge >= 0.3 is 6.18 Å².